The van der Waals surface area contributed by atoms with E-state index >= 15 is 0 Å². The minimum atomic E-state index is -5.89. The summed E-state index contributed by atoms with van der Waals surface area (Å²) in [6.07, 6.45) is 1.43. The second kappa shape index (κ2) is 6.82. The van der Waals surface area contributed by atoms with Crippen LogP contribution in [0.4, 0.5) is 13.2 Å². The van der Waals surface area contributed by atoms with Crippen LogP contribution in [0.1, 0.15) is 12.5 Å². The van der Waals surface area contributed by atoms with E-state index in [2.05, 4.69) is 9.50 Å². The van der Waals surface area contributed by atoms with Crippen LogP contribution < -0.4 is 14.2 Å². The molecule has 1 amide bonds. The minimum absolute atomic E-state index is 0.0255. The van der Waals surface area contributed by atoms with Gasteiger partial charge in [0, 0.05) is 19.0 Å². The third-order valence-corrected chi connectivity index (χ3v) is 4.15. The van der Waals surface area contributed by atoms with Crippen molar-refractivity contribution in [3.8, 4) is 11.5 Å². The Hall–Kier alpha value is -2.43. The predicted octanol–water partition coefficient (Wildman–Crippen LogP) is 2.35. The van der Waals surface area contributed by atoms with Crippen LogP contribution in [0, 0.1) is 0 Å². The van der Waals surface area contributed by atoms with E-state index in [1.54, 1.807) is 0 Å². The summed E-state index contributed by atoms with van der Waals surface area (Å²) < 4.78 is 75.1. The van der Waals surface area contributed by atoms with Crippen molar-refractivity contribution in [2.75, 3.05) is 13.7 Å². The zero-order valence-corrected chi connectivity index (χ0v) is 14.0. The number of hydrogen-bond donors (Lipinski definition) is 1. The number of carbonyl (C=O) groups is 1. The maximum atomic E-state index is 12.6. The number of alkyl halides is 3. The number of hydrogen-bond acceptors (Lipinski definition) is 6. The lowest BCUT2D eigenvalue weighted by Crippen LogP contribution is -2.28. The number of nitrogens with one attached hydrogen (secondary N) is 1. The van der Waals surface area contributed by atoms with Crippen LogP contribution in [0.25, 0.3) is 11.0 Å². The lowest BCUT2D eigenvalue weighted by molar-refractivity contribution is -0.118. The molecule has 0 aliphatic heterocycles. The molecule has 138 valence electrons. The number of amides is 1. The van der Waals surface area contributed by atoms with Crippen LogP contribution in [0.2, 0.25) is 0 Å². The Balaban J connectivity index is 2.52. The molecule has 0 saturated heterocycles. The fourth-order valence-electron chi connectivity index (χ4n) is 2.10. The Morgan fingerprint density at radius 2 is 2.00 bits per heavy atom. The summed E-state index contributed by atoms with van der Waals surface area (Å²) in [6.45, 7) is 1.48. The minimum Gasteiger partial charge on any atom is -0.493 e. The molecule has 0 aliphatic carbocycles. The van der Waals surface area contributed by atoms with Crippen molar-refractivity contribution in [2.24, 2.45) is 0 Å². The molecular formula is C14H14F3NO6S. The highest BCUT2D eigenvalue weighted by atomic mass is 32.2. The van der Waals surface area contributed by atoms with E-state index in [0.717, 1.165) is 7.11 Å². The Labute approximate surface area is 140 Å². The van der Waals surface area contributed by atoms with Gasteiger partial charge in [-0.2, -0.15) is 21.6 Å². The highest BCUT2D eigenvalue weighted by Crippen LogP contribution is 2.41. The molecule has 0 saturated carbocycles. The van der Waals surface area contributed by atoms with Crippen molar-refractivity contribution in [3.63, 3.8) is 0 Å². The molecule has 0 unspecified atom stereocenters. The second-order valence-electron chi connectivity index (χ2n) is 4.95. The molecule has 1 aromatic carbocycles. The van der Waals surface area contributed by atoms with E-state index in [4.69, 9.17) is 9.15 Å². The first-order valence-electron chi connectivity index (χ1n) is 6.89. The van der Waals surface area contributed by atoms with Crippen molar-refractivity contribution >= 4 is 27.0 Å². The molecule has 7 nitrogen and oxygen atoms in total. The molecule has 1 N–H and O–H groups in total. The molecule has 1 aromatic heterocycles. The molecule has 25 heavy (non-hydrogen) atoms. The van der Waals surface area contributed by atoms with Gasteiger partial charge >= 0.3 is 15.6 Å². The van der Waals surface area contributed by atoms with Crippen LogP contribution in [-0.4, -0.2) is 33.5 Å². The van der Waals surface area contributed by atoms with Crippen LogP contribution in [0.5, 0.6) is 11.5 Å². The van der Waals surface area contributed by atoms with E-state index < -0.39 is 21.4 Å². The summed E-state index contributed by atoms with van der Waals surface area (Å²) >= 11 is 0. The number of halogens is 3. The zero-order valence-electron chi connectivity index (χ0n) is 13.1. The first-order chi connectivity index (χ1) is 11.6. The van der Waals surface area contributed by atoms with Crippen molar-refractivity contribution in [2.45, 2.75) is 18.9 Å². The largest absolute Gasteiger partial charge is 0.534 e. The van der Waals surface area contributed by atoms with Crippen molar-refractivity contribution in [1.29, 1.82) is 0 Å². The maximum Gasteiger partial charge on any atom is 0.534 e. The number of furan rings is 1. The number of ether oxygens (including phenoxy) is 1. The number of rotatable bonds is 6. The molecule has 0 bridgehead atoms. The first kappa shape index (κ1) is 18.9. The fourth-order valence-corrected chi connectivity index (χ4v) is 2.58. The van der Waals surface area contributed by atoms with Crippen molar-refractivity contribution < 1.29 is 39.7 Å². The molecule has 0 aliphatic rings. The molecule has 2 aromatic rings. The lowest BCUT2D eigenvalue weighted by Gasteiger charge is -2.13. The van der Waals surface area contributed by atoms with E-state index in [-0.39, 0.29) is 35.6 Å². The lowest BCUT2D eigenvalue weighted by atomic mass is 10.1. The number of benzene rings is 1. The van der Waals surface area contributed by atoms with Crippen LogP contribution in [-0.2, 0) is 21.3 Å². The SMILES string of the molecule is COc1ccc2occ(CCNC(C)=O)c2c1OS(=O)(=O)C(F)(F)F. The Kier molecular flexibility index (Phi) is 5.16. The standard InChI is InChI=1S/C14H14F3NO6S/c1-8(19)18-6-5-9-7-23-10-3-4-11(22-2)13(12(9)10)24-25(20,21)14(15,16)17/h3-4,7H,5-6H2,1-2H3,(H,18,19). The molecule has 2 rings (SSSR count). The highest BCUT2D eigenvalue weighted by Gasteiger charge is 2.49. The van der Waals surface area contributed by atoms with Crippen LogP contribution >= 0.6 is 0 Å². The zero-order chi connectivity index (χ0) is 18.8. The van der Waals surface area contributed by atoms with Crippen molar-refractivity contribution in [3.05, 3.63) is 24.0 Å². The average molecular weight is 381 g/mol. The molecule has 0 fully saturated rings. The Morgan fingerprint density at radius 3 is 2.56 bits per heavy atom. The first-order valence-corrected chi connectivity index (χ1v) is 8.30. The third-order valence-electron chi connectivity index (χ3n) is 3.20. The third kappa shape index (κ3) is 3.98. The average Bonchev–Trinajstić information content (AvgIpc) is 2.89. The van der Waals surface area contributed by atoms with E-state index in [1.165, 1.54) is 25.3 Å². The van der Waals surface area contributed by atoms with Gasteiger partial charge < -0.3 is 18.7 Å². The van der Waals surface area contributed by atoms with Crippen LogP contribution in [0.3, 0.4) is 0 Å². The summed E-state index contributed by atoms with van der Waals surface area (Å²) in [7, 11) is -4.74. The van der Waals surface area contributed by atoms with E-state index in [1.807, 2.05) is 0 Å². The summed E-state index contributed by atoms with van der Waals surface area (Å²) in [5.41, 5.74) is -5.12. The molecule has 11 heteroatoms. The van der Waals surface area contributed by atoms with Gasteiger partial charge in [0.05, 0.1) is 18.8 Å². The summed E-state index contributed by atoms with van der Waals surface area (Å²) in [5, 5.41) is 2.54. The van der Waals surface area contributed by atoms with Gasteiger partial charge in [0.15, 0.2) is 11.5 Å². The number of carbonyl (C=O) groups excluding carboxylic acids is 1. The van der Waals surface area contributed by atoms with Gasteiger partial charge in [-0.15, -0.1) is 0 Å². The van der Waals surface area contributed by atoms with Gasteiger partial charge in [0.25, 0.3) is 0 Å². The quantitative estimate of drug-likeness (QED) is 0.610. The summed E-state index contributed by atoms with van der Waals surface area (Å²) in [5.74, 6) is -1.12. The smallest absolute Gasteiger partial charge is 0.493 e. The second-order valence-corrected chi connectivity index (χ2v) is 6.49. The van der Waals surface area contributed by atoms with Gasteiger partial charge in [-0.25, -0.2) is 0 Å². The monoisotopic (exact) mass is 381 g/mol. The maximum absolute atomic E-state index is 12.6. The number of methoxy groups -OCH3 is 1. The summed E-state index contributed by atoms with van der Waals surface area (Å²) in [6, 6.07) is 2.63. The molecule has 0 atom stereocenters. The topological polar surface area (TPSA) is 94.8 Å². The van der Waals surface area contributed by atoms with Gasteiger partial charge in [0.1, 0.15) is 5.58 Å². The Bertz CT molecular complexity index is 888. The highest BCUT2D eigenvalue weighted by molar-refractivity contribution is 7.88. The van der Waals surface area contributed by atoms with Crippen LogP contribution in [0.15, 0.2) is 22.8 Å². The molecule has 0 spiro atoms. The number of fused-ring (bicyclic) bond motifs is 1. The molecule has 1 heterocycles. The normalized spacial score (nSPS) is 12.2. The molecule has 0 radical (unpaired) electrons. The van der Waals surface area contributed by atoms with Gasteiger partial charge in [-0.3, -0.25) is 4.79 Å². The molecular weight excluding hydrogens is 367 g/mol. The predicted molar refractivity (Wildman–Crippen MR) is 80.8 cm³/mol. The van der Waals surface area contributed by atoms with E-state index in [0.29, 0.717) is 5.56 Å². The van der Waals surface area contributed by atoms with Gasteiger partial charge in [-0.1, -0.05) is 0 Å². The van der Waals surface area contributed by atoms with Crippen molar-refractivity contribution in [1.82, 2.24) is 5.32 Å². The fraction of sp³-hybridized carbons (Fsp3) is 0.357. The summed E-state index contributed by atoms with van der Waals surface area (Å²) in [4.78, 5) is 10.9. The Morgan fingerprint density at radius 1 is 1.32 bits per heavy atom. The van der Waals surface area contributed by atoms with E-state index in [9.17, 15) is 26.4 Å². The van der Waals surface area contributed by atoms with Gasteiger partial charge in [-0.05, 0) is 18.6 Å². The van der Waals surface area contributed by atoms with Gasteiger partial charge in [0.2, 0.25) is 5.91 Å².